The lowest BCUT2D eigenvalue weighted by molar-refractivity contribution is -0.130. The molecule has 1 aliphatic heterocycles. The predicted octanol–water partition coefficient (Wildman–Crippen LogP) is 3.87. The first kappa shape index (κ1) is 19.7. The first-order chi connectivity index (χ1) is 12.8. The molecule has 148 valence electrons. The van der Waals surface area contributed by atoms with E-state index in [-0.39, 0.29) is 23.3 Å². The van der Waals surface area contributed by atoms with Gasteiger partial charge in [-0.15, -0.1) is 0 Å². The van der Waals surface area contributed by atoms with E-state index in [9.17, 15) is 9.59 Å². The summed E-state index contributed by atoms with van der Waals surface area (Å²) in [6, 6.07) is 10.1. The van der Waals surface area contributed by atoms with Crippen LogP contribution in [0.2, 0.25) is 0 Å². The summed E-state index contributed by atoms with van der Waals surface area (Å²) < 4.78 is 5.49. The molecule has 1 saturated carbocycles. The standard InChI is InChI=1S/C22H32N2O3/c1-21(2,3)27-20(26)24-14-7-9-17(16-24)15-23-19(25)22(12-8-13-22)18-10-5-4-6-11-18/h4-6,10-11,17H,7-9,12-16H2,1-3H3,(H,23,25). The van der Waals surface area contributed by atoms with Crippen molar-refractivity contribution in [2.45, 2.75) is 63.9 Å². The van der Waals surface area contributed by atoms with E-state index in [4.69, 9.17) is 4.74 Å². The molecule has 0 bridgehead atoms. The third-order valence-electron chi connectivity index (χ3n) is 5.69. The molecule has 27 heavy (non-hydrogen) atoms. The van der Waals surface area contributed by atoms with Gasteiger partial charge in [-0.05, 0) is 57.9 Å². The van der Waals surface area contributed by atoms with Crippen LogP contribution in [0.4, 0.5) is 4.79 Å². The zero-order valence-electron chi connectivity index (χ0n) is 16.8. The molecule has 1 aromatic rings. The van der Waals surface area contributed by atoms with Gasteiger partial charge in [0.15, 0.2) is 0 Å². The molecule has 0 spiro atoms. The monoisotopic (exact) mass is 372 g/mol. The van der Waals surface area contributed by atoms with E-state index >= 15 is 0 Å². The summed E-state index contributed by atoms with van der Waals surface area (Å²) in [4.78, 5) is 27.1. The van der Waals surface area contributed by atoms with Gasteiger partial charge in [0.25, 0.3) is 0 Å². The number of hydrogen-bond acceptors (Lipinski definition) is 3. The maximum absolute atomic E-state index is 13.0. The van der Waals surface area contributed by atoms with Crippen LogP contribution in [0.3, 0.4) is 0 Å². The number of hydrogen-bond donors (Lipinski definition) is 1. The fourth-order valence-electron chi connectivity index (χ4n) is 4.06. The second-order valence-electron chi connectivity index (χ2n) is 8.95. The summed E-state index contributed by atoms with van der Waals surface area (Å²) in [7, 11) is 0. The quantitative estimate of drug-likeness (QED) is 0.873. The van der Waals surface area contributed by atoms with Gasteiger partial charge in [-0.3, -0.25) is 4.79 Å². The minimum Gasteiger partial charge on any atom is -0.444 e. The van der Waals surface area contributed by atoms with Crippen molar-refractivity contribution < 1.29 is 14.3 Å². The molecule has 0 radical (unpaired) electrons. The van der Waals surface area contributed by atoms with Gasteiger partial charge in [0.05, 0.1) is 5.41 Å². The van der Waals surface area contributed by atoms with E-state index < -0.39 is 5.60 Å². The Morgan fingerprint density at radius 3 is 2.48 bits per heavy atom. The molecular weight excluding hydrogens is 340 g/mol. The topological polar surface area (TPSA) is 58.6 Å². The summed E-state index contributed by atoms with van der Waals surface area (Å²) in [6.07, 6.45) is 4.65. The zero-order valence-corrected chi connectivity index (χ0v) is 16.8. The van der Waals surface area contributed by atoms with Crippen molar-refractivity contribution in [3.8, 4) is 0 Å². The van der Waals surface area contributed by atoms with E-state index in [1.165, 1.54) is 0 Å². The molecule has 1 aliphatic carbocycles. The Labute approximate surface area is 162 Å². The number of benzene rings is 1. The number of ether oxygens (including phenoxy) is 1. The van der Waals surface area contributed by atoms with E-state index in [1.54, 1.807) is 4.90 Å². The van der Waals surface area contributed by atoms with Gasteiger partial charge < -0.3 is 15.0 Å². The average Bonchev–Trinajstić information content (AvgIpc) is 2.59. The Morgan fingerprint density at radius 1 is 1.19 bits per heavy atom. The van der Waals surface area contributed by atoms with Crippen LogP contribution in [0.1, 0.15) is 58.4 Å². The van der Waals surface area contributed by atoms with Crippen molar-refractivity contribution in [3.63, 3.8) is 0 Å². The molecule has 1 atom stereocenters. The lowest BCUT2D eigenvalue weighted by Crippen LogP contribution is -2.51. The Kier molecular flexibility index (Phi) is 5.78. The Morgan fingerprint density at radius 2 is 1.89 bits per heavy atom. The highest BCUT2D eigenvalue weighted by atomic mass is 16.6. The van der Waals surface area contributed by atoms with Crippen molar-refractivity contribution >= 4 is 12.0 Å². The van der Waals surface area contributed by atoms with Crippen molar-refractivity contribution in [1.82, 2.24) is 10.2 Å². The summed E-state index contributed by atoms with van der Waals surface area (Å²) in [5, 5.41) is 3.18. The zero-order chi connectivity index (χ0) is 19.5. The molecule has 1 saturated heterocycles. The smallest absolute Gasteiger partial charge is 0.410 e. The Bertz CT molecular complexity index is 662. The fourth-order valence-corrected chi connectivity index (χ4v) is 4.06. The maximum Gasteiger partial charge on any atom is 0.410 e. The number of carbonyl (C=O) groups excluding carboxylic acids is 2. The number of nitrogens with one attached hydrogen (secondary N) is 1. The molecule has 2 amide bonds. The van der Waals surface area contributed by atoms with Gasteiger partial charge in [0.1, 0.15) is 5.60 Å². The molecule has 3 rings (SSSR count). The van der Waals surface area contributed by atoms with E-state index in [1.807, 2.05) is 39.0 Å². The minimum atomic E-state index is -0.482. The van der Waals surface area contributed by atoms with Crippen molar-refractivity contribution in [1.29, 1.82) is 0 Å². The van der Waals surface area contributed by atoms with Gasteiger partial charge in [-0.1, -0.05) is 36.8 Å². The SMILES string of the molecule is CC(C)(C)OC(=O)N1CCCC(CNC(=O)C2(c3ccccc3)CCC2)C1. The highest BCUT2D eigenvalue weighted by Gasteiger charge is 2.45. The van der Waals surface area contributed by atoms with Crippen molar-refractivity contribution in [2.75, 3.05) is 19.6 Å². The van der Waals surface area contributed by atoms with Gasteiger partial charge in [0.2, 0.25) is 5.91 Å². The fraction of sp³-hybridized carbons (Fsp3) is 0.636. The molecular formula is C22H32N2O3. The number of likely N-dealkylation sites (tertiary alicyclic amines) is 1. The first-order valence-electron chi connectivity index (χ1n) is 10.1. The third kappa shape index (κ3) is 4.63. The lowest BCUT2D eigenvalue weighted by atomic mass is 9.64. The largest absolute Gasteiger partial charge is 0.444 e. The molecule has 1 unspecified atom stereocenters. The highest BCUT2D eigenvalue weighted by molar-refractivity contribution is 5.89. The van der Waals surface area contributed by atoms with E-state index in [2.05, 4.69) is 17.4 Å². The Hall–Kier alpha value is -2.04. The van der Waals surface area contributed by atoms with Gasteiger partial charge >= 0.3 is 6.09 Å². The molecule has 5 nitrogen and oxygen atoms in total. The predicted molar refractivity (Wildman–Crippen MR) is 106 cm³/mol. The summed E-state index contributed by atoms with van der Waals surface area (Å²) in [5.41, 5.74) is 0.276. The van der Waals surface area contributed by atoms with Crippen LogP contribution in [-0.2, 0) is 14.9 Å². The van der Waals surface area contributed by atoms with Crippen molar-refractivity contribution in [3.05, 3.63) is 35.9 Å². The van der Waals surface area contributed by atoms with Crippen LogP contribution < -0.4 is 5.32 Å². The maximum atomic E-state index is 13.0. The van der Waals surface area contributed by atoms with Gasteiger partial charge in [-0.25, -0.2) is 4.79 Å². The molecule has 1 aromatic carbocycles. The molecule has 5 heteroatoms. The van der Waals surface area contributed by atoms with Crippen LogP contribution in [0.5, 0.6) is 0 Å². The molecule has 2 aliphatic rings. The summed E-state index contributed by atoms with van der Waals surface area (Å²) >= 11 is 0. The van der Waals surface area contributed by atoms with E-state index in [0.29, 0.717) is 13.1 Å². The van der Waals surface area contributed by atoms with Crippen molar-refractivity contribution in [2.24, 2.45) is 5.92 Å². The molecule has 2 fully saturated rings. The number of piperidine rings is 1. The molecule has 0 aromatic heterocycles. The molecule has 1 N–H and O–H groups in total. The van der Waals surface area contributed by atoms with Crippen LogP contribution >= 0.6 is 0 Å². The van der Waals surface area contributed by atoms with Crippen LogP contribution in [0.15, 0.2) is 30.3 Å². The molecule has 1 heterocycles. The number of rotatable bonds is 4. The van der Waals surface area contributed by atoms with Crippen LogP contribution in [-0.4, -0.2) is 42.1 Å². The minimum absolute atomic E-state index is 0.134. The van der Waals surface area contributed by atoms with Crippen LogP contribution in [0, 0.1) is 5.92 Å². The van der Waals surface area contributed by atoms with Gasteiger partial charge in [-0.2, -0.15) is 0 Å². The summed E-state index contributed by atoms with van der Waals surface area (Å²) in [6.45, 7) is 7.64. The third-order valence-corrected chi connectivity index (χ3v) is 5.69. The van der Waals surface area contributed by atoms with Gasteiger partial charge in [0, 0.05) is 19.6 Å². The number of amides is 2. The highest BCUT2D eigenvalue weighted by Crippen LogP contribution is 2.43. The lowest BCUT2D eigenvalue weighted by Gasteiger charge is -2.41. The second-order valence-corrected chi connectivity index (χ2v) is 8.95. The second kappa shape index (κ2) is 7.91. The number of carbonyl (C=O) groups is 2. The normalized spacial score (nSPS) is 21.9. The summed E-state index contributed by atoms with van der Waals surface area (Å²) in [5.74, 6) is 0.414. The average molecular weight is 373 g/mol. The Balaban J connectivity index is 1.55. The van der Waals surface area contributed by atoms with E-state index in [0.717, 1.165) is 44.2 Å². The van der Waals surface area contributed by atoms with Crippen LogP contribution in [0.25, 0.3) is 0 Å². The number of nitrogens with zero attached hydrogens (tertiary/aromatic N) is 1. The first-order valence-corrected chi connectivity index (χ1v) is 10.1.